The van der Waals surface area contributed by atoms with Gasteiger partial charge in [0.05, 0.1) is 6.04 Å². The van der Waals surface area contributed by atoms with E-state index >= 15 is 0 Å². The zero-order chi connectivity index (χ0) is 10.3. The average molecular weight is 188 g/mol. The van der Waals surface area contributed by atoms with Gasteiger partial charge in [0.2, 0.25) is 5.91 Å². The van der Waals surface area contributed by atoms with E-state index in [1.54, 1.807) is 19.1 Å². The molecule has 0 radical (unpaired) electrons. The fourth-order valence-corrected chi connectivity index (χ4v) is 1.01. The highest BCUT2D eigenvalue weighted by atomic mass is 16.5. The Morgan fingerprint density at radius 3 is 2.69 bits per heavy atom. The number of amides is 1. The van der Waals surface area contributed by atoms with Crippen molar-refractivity contribution in [3.05, 3.63) is 0 Å². The zero-order valence-electron chi connectivity index (χ0n) is 8.75. The summed E-state index contributed by atoms with van der Waals surface area (Å²) in [6.07, 6.45) is 1.54. The monoisotopic (exact) mass is 188 g/mol. The van der Waals surface area contributed by atoms with Gasteiger partial charge in [0.1, 0.15) is 0 Å². The average Bonchev–Trinajstić information content (AvgIpc) is 2.15. The van der Waals surface area contributed by atoms with Gasteiger partial charge in [-0.05, 0) is 12.8 Å². The molecule has 0 aromatic heterocycles. The third-order valence-electron chi connectivity index (χ3n) is 1.98. The van der Waals surface area contributed by atoms with Crippen molar-refractivity contribution >= 4 is 5.91 Å². The van der Waals surface area contributed by atoms with E-state index in [4.69, 9.17) is 10.5 Å². The van der Waals surface area contributed by atoms with E-state index in [-0.39, 0.29) is 11.9 Å². The lowest BCUT2D eigenvalue weighted by molar-refractivity contribution is -0.131. The normalized spacial score (nSPS) is 12.6. The predicted molar refractivity (Wildman–Crippen MR) is 52.4 cm³/mol. The molecular weight excluding hydrogens is 168 g/mol. The maximum Gasteiger partial charge on any atom is 0.239 e. The molecule has 0 aliphatic heterocycles. The Kier molecular flexibility index (Phi) is 6.54. The van der Waals surface area contributed by atoms with E-state index in [0.29, 0.717) is 19.6 Å². The molecule has 0 aromatic carbocycles. The summed E-state index contributed by atoms with van der Waals surface area (Å²) < 4.78 is 4.89. The summed E-state index contributed by atoms with van der Waals surface area (Å²) in [4.78, 5) is 13.1. The molecule has 0 fully saturated rings. The summed E-state index contributed by atoms with van der Waals surface area (Å²) in [5, 5.41) is 0. The summed E-state index contributed by atoms with van der Waals surface area (Å²) in [5.41, 5.74) is 5.60. The van der Waals surface area contributed by atoms with Crippen LogP contribution in [0.5, 0.6) is 0 Å². The van der Waals surface area contributed by atoms with Crippen LogP contribution in [-0.2, 0) is 9.53 Å². The van der Waals surface area contributed by atoms with E-state index in [2.05, 4.69) is 0 Å². The molecule has 1 amide bonds. The van der Waals surface area contributed by atoms with Crippen LogP contribution in [0.3, 0.4) is 0 Å². The van der Waals surface area contributed by atoms with Crippen molar-refractivity contribution < 1.29 is 9.53 Å². The van der Waals surface area contributed by atoms with Crippen molar-refractivity contribution in [1.82, 2.24) is 4.90 Å². The number of rotatable bonds is 6. The van der Waals surface area contributed by atoms with Crippen molar-refractivity contribution in [2.45, 2.75) is 25.8 Å². The number of ether oxygens (including phenoxy) is 1. The fourth-order valence-electron chi connectivity index (χ4n) is 1.01. The van der Waals surface area contributed by atoms with Gasteiger partial charge in [-0.3, -0.25) is 4.79 Å². The van der Waals surface area contributed by atoms with Gasteiger partial charge in [-0.2, -0.15) is 0 Å². The van der Waals surface area contributed by atoms with Crippen LogP contribution >= 0.6 is 0 Å². The van der Waals surface area contributed by atoms with Gasteiger partial charge in [0.15, 0.2) is 0 Å². The molecule has 0 saturated carbocycles. The number of likely N-dealkylation sites (N-methyl/N-ethyl adjacent to an activating group) is 1. The van der Waals surface area contributed by atoms with Crippen LogP contribution < -0.4 is 5.73 Å². The van der Waals surface area contributed by atoms with Gasteiger partial charge in [-0.25, -0.2) is 0 Å². The molecule has 2 N–H and O–H groups in total. The van der Waals surface area contributed by atoms with E-state index in [1.165, 1.54) is 0 Å². The Hall–Kier alpha value is -0.610. The largest absolute Gasteiger partial charge is 0.385 e. The van der Waals surface area contributed by atoms with Gasteiger partial charge in [-0.15, -0.1) is 0 Å². The summed E-state index contributed by atoms with van der Waals surface area (Å²) >= 11 is 0. The van der Waals surface area contributed by atoms with Crippen molar-refractivity contribution in [3.8, 4) is 0 Å². The van der Waals surface area contributed by atoms with Crippen LogP contribution in [0.25, 0.3) is 0 Å². The molecule has 1 atom stereocenters. The SMILES string of the molecule is CC[C@@H](N)C(=O)N(C)CCCOC. The topological polar surface area (TPSA) is 55.6 Å². The Balaban J connectivity index is 3.69. The molecule has 0 heterocycles. The molecule has 0 spiro atoms. The standard InChI is InChI=1S/C9H20N2O2/c1-4-8(10)9(12)11(2)6-5-7-13-3/h8H,4-7,10H2,1-3H3/t8-/m1/s1. The summed E-state index contributed by atoms with van der Waals surface area (Å²) in [5.74, 6) is 0.0126. The number of carbonyl (C=O) groups excluding carboxylic acids is 1. The van der Waals surface area contributed by atoms with Crippen LogP contribution in [0.15, 0.2) is 0 Å². The van der Waals surface area contributed by atoms with Crippen LogP contribution in [0.1, 0.15) is 19.8 Å². The van der Waals surface area contributed by atoms with Gasteiger partial charge in [0.25, 0.3) is 0 Å². The summed E-state index contributed by atoms with van der Waals surface area (Å²) in [6.45, 7) is 3.30. The molecule has 0 aromatic rings. The van der Waals surface area contributed by atoms with E-state index < -0.39 is 0 Å². The first-order chi connectivity index (χ1) is 6.13. The van der Waals surface area contributed by atoms with Gasteiger partial charge >= 0.3 is 0 Å². The lowest BCUT2D eigenvalue weighted by atomic mass is 10.2. The molecule has 78 valence electrons. The number of methoxy groups -OCH3 is 1. The highest BCUT2D eigenvalue weighted by molar-refractivity contribution is 5.81. The lowest BCUT2D eigenvalue weighted by Gasteiger charge is -2.20. The molecule has 13 heavy (non-hydrogen) atoms. The third-order valence-corrected chi connectivity index (χ3v) is 1.98. The number of carbonyl (C=O) groups is 1. The van der Waals surface area contributed by atoms with Crippen LogP contribution in [0, 0.1) is 0 Å². The van der Waals surface area contributed by atoms with Crippen molar-refractivity contribution in [3.63, 3.8) is 0 Å². The molecule has 0 aliphatic carbocycles. The fraction of sp³-hybridized carbons (Fsp3) is 0.889. The van der Waals surface area contributed by atoms with Gasteiger partial charge in [0, 0.05) is 27.3 Å². The highest BCUT2D eigenvalue weighted by Crippen LogP contribution is 1.95. The Morgan fingerprint density at radius 2 is 2.23 bits per heavy atom. The molecular formula is C9H20N2O2. The summed E-state index contributed by atoms with van der Waals surface area (Å²) in [7, 11) is 3.42. The Morgan fingerprint density at radius 1 is 1.62 bits per heavy atom. The molecule has 0 bridgehead atoms. The van der Waals surface area contributed by atoms with E-state index in [0.717, 1.165) is 6.42 Å². The first-order valence-corrected chi connectivity index (χ1v) is 4.63. The van der Waals surface area contributed by atoms with Crippen molar-refractivity contribution in [1.29, 1.82) is 0 Å². The van der Waals surface area contributed by atoms with Crippen LogP contribution in [0.2, 0.25) is 0 Å². The van der Waals surface area contributed by atoms with E-state index in [1.807, 2.05) is 6.92 Å². The second-order valence-electron chi connectivity index (χ2n) is 3.12. The smallest absolute Gasteiger partial charge is 0.239 e. The molecule has 4 nitrogen and oxygen atoms in total. The second-order valence-corrected chi connectivity index (χ2v) is 3.12. The first-order valence-electron chi connectivity index (χ1n) is 4.63. The molecule has 0 rings (SSSR count). The van der Waals surface area contributed by atoms with Crippen molar-refractivity contribution in [2.24, 2.45) is 5.73 Å². The summed E-state index contributed by atoms with van der Waals surface area (Å²) in [6, 6.07) is -0.354. The minimum atomic E-state index is -0.354. The Bertz CT molecular complexity index is 151. The molecule has 0 saturated heterocycles. The second kappa shape index (κ2) is 6.86. The highest BCUT2D eigenvalue weighted by Gasteiger charge is 2.14. The first kappa shape index (κ1) is 12.4. The van der Waals surface area contributed by atoms with E-state index in [9.17, 15) is 4.79 Å². The number of hydrogen-bond acceptors (Lipinski definition) is 3. The minimum Gasteiger partial charge on any atom is -0.385 e. The zero-order valence-corrected chi connectivity index (χ0v) is 8.75. The van der Waals surface area contributed by atoms with Crippen molar-refractivity contribution in [2.75, 3.05) is 27.3 Å². The number of nitrogens with two attached hydrogens (primary N) is 1. The molecule has 0 unspecified atom stereocenters. The number of nitrogens with zero attached hydrogens (tertiary/aromatic N) is 1. The van der Waals surface area contributed by atoms with Gasteiger partial charge < -0.3 is 15.4 Å². The Labute approximate surface area is 80.0 Å². The minimum absolute atomic E-state index is 0.0126. The third kappa shape index (κ3) is 4.85. The number of hydrogen-bond donors (Lipinski definition) is 1. The molecule has 4 heteroatoms. The predicted octanol–water partition coefficient (Wildman–Crippen LogP) is 0.219. The van der Waals surface area contributed by atoms with Crippen LogP contribution in [0.4, 0.5) is 0 Å². The van der Waals surface area contributed by atoms with Crippen LogP contribution in [-0.4, -0.2) is 44.2 Å². The molecule has 0 aliphatic rings. The van der Waals surface area contributed by atoms with Gasteiger partial charge in [-0.1, -0.05) is 6.92 Å². The quantitative estimate of drug-likeness (QED) is 0.607. The lowest BCUT2D eigenvalue weighted by Crippen LogP contribution is -2.41. The maximum atomic E-state index is 11.4. The maximum absolute atomic E-state index is 11.4.